The summed E-state index contributed by atoms with van der Waals surface area (Å²) in [4.78, 5) is 1.16. The normalized spacial score (nSPS) is 9.71. The van der Waals surface area contributed by atoms with E-state index in [9.17, 15) is 4.39 Å². The molecule has 0 fully saturated rings. The lowest BCUT2D eigenvalue weighted by Gasteiger charge is -1.95. The molecule has 0 N–H and O–H groups in total. The first-order valence-electron chi connectivity index (χ1n) is 3.75. The minimum absolute atomic E-state index is 0.0191. The molecule has 0 radical (unpaired) electrons. The number of tetrazole rings is 1. The molecule has 0 saturated carbocycles. The monoisotopic (exact) mass is 189 g/mol. The molecule has 0 aliphatic heterocycles. The highest BCUT2D eigenvalue weighted by Gasteiger charge is 2.02. The fourth-order valence-corrected chi connectivity index (χ4v) is 0.943. The van der Waals surface area contributed by atoms with Crippen molar-refractivity contribution in [2.45, 2.75) is 0 Å². The number of nitrogens with zero attached hydrogens (tertiary/aromatic N) is 5. The molecule has 0 aliphatic rings. The minimum Gasteiger partial charge on any atom is -0.207 e. The lowest BCUT2D eigenvalue weighted by molar-refractivity contribution is 0.625. The van der Waals surface area contributed by atoms with Crippen LogP contribution in [0.4, 0.5) is 4.39 Å². The summed E-state index contributed by atoms with van der Waals surface area (Å²) in [6, 6.07) is 7.31. The first-order valence-corrected chi connectivity index (χ1v) is 3.75. The van der Waals surface area contributed by atoms with Crippen LogP contribution in [0, 0.1) is 17.1 Å². The summed E-state index contributed by atoms with van der Waals surface area (Å²) in [7, 11) is 0. The lowest BCUT2D eigenvalue weighted by Crippen LogP contribution is -1.98. The van der Waals surface area contributed by atoms with Gasteiger partial charge in [0.25, 0.3) is 5.82 Å². The third kappa shape index (κ3) is 1.43. The van der Waals surface area contributed by atoms with Crippen LogP contribution in [-0.2, 0) is 0 Å². The first kappa shape index (κ1) is 8.31. The van der Waals surface area contributed by atoms with Crippen LogP contribution in [-0.4, -0.2) is 20.2 Å². The molecule has 0 unspecified atom stereocenters. The van der Waals surface area contributed by atoms with E-state index in [-0.39, 0.29) is 11.6 Å². The maximum absolute atomic E-state index is 12.6. The van der Waals surface area contributed by atoms with Crippen LogP contribution < -0.4 is 0 Å². The molecule has 2 rings (SSSR count). The third-order valence-corrected chi connectivity index (χ3v) is 1.57. The van der Waals surface area contributed by atoms with E-state index in [0.717, 1.165) is 4.80 Å². The van der Waals surface area contributed by atoms with Gasteiger partial charge in [0.2, 0.25) is 0 Å². The van der Waals surface area contributed by atoms with Gasteiger partial charge < -0.3 is 0 Å². The Bertz CT molecular complexity index is 481. The summed E-state index contributed by atoms with van der Waals surface area (Å²) in [6.07, 6.45) is 0. The van der Waals surface area contributed by atoms with Crippen molar-refractivity contribution in [3.05, 3.63) is 35.9 Å². The summed E-state index contributed by atoms with van der Waals surface area (Å²) in [6.45, 7) is 0. The molecule has 6 heteroatoms. The molecule has 0 aliphatic carbocycles. The van der Waals surface area contributed by atoms with Crippen LogP contribution in [0.1, 0.15) is 5.82 Å². The predicted octanol–water partition coefficient (Wildman–Crippen LogP) is 0.673. The summed E-state index contributed by atoms with van der Waals surface area (Å²) in [5.41, 5.74) is 0.556. The fourth-order valence-electron chi connectivity index (χ4n) is 0.943. The zero-order valence-corrected chi connectivity index (χ0v) is 6.92. The van der Waals surface area contributed by atoms with Crippen LogP contribution >= 0.6 is 0 Å². The number of halogens is 1. The average Bonchev–Trinajstić information content (AvgIpc) is 2.67. The van der Waals surface area contributed by atoms with Crippen molar-refractivity contribution < 1.29 is 4.39 Å². The van der Waals surface area contributed by atoms with Gasteiger partial charge in [-0.1, -0.05) is 5.10 Å². The second-order valence-corrected chi connectivity index (χ2v) is 2.49. The van der Waals surface area contributed by atoms with Gasteiger partial charge in [-0.3, -0.25) is 0 Å². The second-order valence-electron chi connectivity index (χ2n) is 2.49. The van der Waals surface area contributed by atoms with E-state index >= 15 is 0 Å². The van der Waals surface area contributed by atoms with Crippen LogP contribution in [0.25, 0.3) is 5.69 Å². The molecule has 0 spiro atoms. The smallest absolute Gasteiger partial charge is 0.207 e. The SMILES string of the molecule is N#Cc1nnn(-c2ccc(F)cc2)n1. The van der Waals surface area contributed by atoms with Crippen LogP contribution in [0.2, 0.25) is 0 Å². The number of rotatable bonds is 1. The van der Waals surface area contributed by atoms with E-state index in [0.29, 0.717) is 5.69 Å². The van der Waals surface area contributed by atoms with E-state index in [1.807, 2.05) is 0 Å². The molecule has 1 heterocycles. The van der Waals surface area contributed by atoms with Crippen molar-refractivity contribution in [1.29, 1.82) is 5.26 Å². The molecule has 0 amide bonds. The fraction of sp³-hybridized carbons (Fsp3) is 0. The molecule has 68 valence electrons. The van der Waals surface area contributed by atoms with E-state index in [1.165, 1.54) is 24.3 Å². The highest BCUT2D eigenvalue weighted by Crippen LogP contribution is 2.05. The van der Waals surface area contributed by atoms with Gasteiger partial charge in [0.05, 0.1) is 5.69 Å². The Morgan fingerprint density at radius 3 is 2.57 bits per heavy atom. The molecule has 0 bridgehead atoms. The van der Waals surface area contributed by atoms with Crippen molar-refractivity contribution >= 4 is 0 Å². The molecular weight excluding hydrogens is 185 g/mol. The van der Waals surface area contributed by atoms with Gasteiger partial charge >= 0.3 is 0 Å². The van der Waals surface area contributed by atoms with Crippen LogP contribution in [0.3, 0.4) is 0 Å². The maximum atomic E-state index is 12.6. The number of benzene rings is 1. The van der Waals surface area contributed by atoms with Crippen molar-refractivity contribution in [2.24, 2.45) is 0 Å². The molecule has 14 heavy (non-hydrogen) atoms. The van der Waals surface area contributed by atoms with Crippen molar-refractivity contribution in [3.8, 4) is 11.8 Å². The number of nitriles is 1. The standard InChI is InChI=1S/C8H4FN5/c9-6-1-3-7(4-2-6)14-12-8(5-10)11-13-14/h1-4H. The Morgan fingerprint density at radius 2 is 2.00 bits per heavy atom. The van der Waals surface area contributed by atoms with Crippen molar-refractivity contribution in [2.75, 3.05) is 0 Å². The molecule has 1 aromatic heterocycles. The van der Waals surface area contributed by atoms with E-state index in [4.69, 9.17) is 5.26 Å². The zero-order chi connectivity index (χ0) is 9.97. The van der Waals surface area contributed by atoms with Crippen LogP contribution in [0.15, 0.2) is 24.3 Å². The van der Waals surface area contributed by atoms with Crippen molar-refractivity contribution in [1.82, 2.24) is 20.2 Å². The Labute approximate surface area is 78.4 Å². The highest BCUT2D eigenvalue weighted by molar-refractivity contribution is 5.29. The summed E-state index contributed by atoms with van der Waals surface area (Å²) >= 11 is 0. The maximum Gasteiger partial charge on any atom is 0.274 e. The molecule has 5 nitrogen and oxygen atoms in total. The summed E-state index contributed by atoms with van der Waals surface area (Å²) in [5, 5.41) is 19.3. The van der Waals surface area contributed by atoms with Gasteiger partial charge in [-0.2, -0.15) is 5.26 Å². The number of hydrogen-bond donors (Lipinski definition) is 0. The quantitative estimate of drug-likeness (QED) is 0.661. The zero-order valence-electron chi connectivity index (χ0n) is 6.92. The molecule has 0 atom stereocenters. The molecule has 0 saturated heterocycles. The van der Waals surface area contributed by atoms with Gasteiger partial charge in [-0.15, -0.1) is 9.90 Å². The average molecular weight is 189 g/mol. The van der Waals surface area contributed by atoms with Gasteiger partial charge in [-0.25, -0.2) is 4.39 Å². The van der Waals surface area contributed by atoms with E-state index in [2.05, 4.69) is 15.4 Å². The Hall–Kier alpha value is -2.29. The summed E-state index contributed by atoms with van der Waals surface area (Å²) < 4.78 is 12.6. The van der Waals surface area contributed by atoms with Gasteiger partial charge in [-0.05, 0) is 29.5 Å². The van der Waals surface area contributed by atoms with E-state index < -0.39 is 0 Å². The predicted molar refractivity (Wildman–Crippen MR) is 43.8 cm³/mol. The van der Waals surface area contributed by atoms with Crippen LogP contribution in [0.5, 0.6) is 0 Å². The summed E-state index contributed by atoms with van der Waals surface area (Å²) in [5.74, 6) is -0.358. The van der Waals surface area contributed by atoms with Gasteiger partial charge in [0.1, 0.15) is 11.9 Å². The third-order valence-electron chi connectivity index (χ3n) is 1.57. The van der Waals surface area contributed by atoms with E-state index in [1.54, 1.807) is 6.07 Å². The molecule has 2 aromatic rings. The number of hydrogen-bond acceptors (Lipinski definition) is 4. The van der Waals surface area contributed by atoms with Crippen molar-refractivity contribution in [3.63, 3.8) is 0 Å². The Morgan fingerprint density at radius 1 is 1.29 bits per heavy atom. The first-order chi connectivity index (χ1) is 6.79. The largest absolute Gasteiger partial charge is 0.274 e. The number of aromatic nitrogens is 4. The lowest BCUT2D eigenvalue weighted by atomic mass is 10.3. The Balaban J connectivity index is 2.40. The molecular formula is C8H4FN5. The van der Waals surface area contributed by atoms with Gasteiger partial charge in [0.15, 0.2) is 0 Å². The topological polar surface area (TPSA) is 67.4 Å². The Kier molecular flexibility index (Phi) is 1.91. The molecule has 1 aromatic carbocycles. The minimum atomic E-state index is -0.339. The van der Waals surface area contributed by atoms with Gasteiger partial charge in [0, 0.05) is 0 Å². The highest BCUT2D eigenvalue weighted by atomic mass is 19.1. The second kappa shape index (κ2) is 3.22.